The molecule has 0 amide bonds. The van der Waals surface area contributed by atoms with Gasteiger partial charge in [0, 0.05) is 46.0 Å². The van der Waals surface area contributed by atoms with Crippen LogP contribution in [0.4, 0.5) is 11.6 Å². The van der Waals surface area contributed by atoms with Crippen LogP contribution in [0.1, 0.15) is 11.1 Å². The highest BCUT2D eigenvalue weighted by Gasteiger charge is 2.26. The molecule has 1 saturated heterocycles. The van der Waals surface area contributed by atoms with E-state index in [4.69, 9.17) is 22.3 Å². The largest absolute Gasteiger partial charge is 0.345 e. The summed E-state index contributed by atoms with van der Waals surface area (Å²) in [6, 6.07) is 14.1. The lowest BCUT2D eigenvalue weighted by Crippen LogP contribution is -2.50. The summed E-state index contributed by atoms with van der Waals surface area (Å²) in [5.41, 5.74) is 2.69. The fraction of sp³-hybridized carbons (Fsp3) is 0.308. The van der Waals surface area contributed by atoms with Crippen LogP contribution >= 0.6 is 12.2 Å². The first-order valence-corrected chi connectivity index (χ1v) is 14.5. The van der Waals surface area contributed by atoms with Gasteiger partial charge in [0.05, 0.1) is 11.4 Å². The third-order valence-electron chi connectivity index (χ3n) is 7.03. The van der Waals surface area contributed by atoms with Crippen LogP contribution in [0.2, 0.25) is 0 Å². The third kappa shape index (κ3) is 5.24. The van der Waals surface area contributed by atoms with Gasteiger partial charge in [-0.1, -0.05) is 29.8 Å². The van der Waals surface area contributed by atoms with Crippen molar-refractivity contribution in [2.24, 2.45) is 19.2 Å². The maximum atomic E-state index is 13.3. The van der Waals surface area contributed by atoms with Crippen LogP contribution in [0, 0.1) is 6.92 Å². The van der Waals surface area contributed by atoms with Gasteiger partial charge in [0.15, 0.2) is 16.3 Å². The average Bonchev–Trinajstić information content (AvgIpc) is 3.29. The fourth-order valence-corrected chi connectivity index (χ4v) is 5.68. The van der Waals surface area contributed by atoms with E-state index in [9.17, 15) is 18.0 Å². The summed E-state index contributed by atoms with van der Waals surface area (Å²) in [6.45, 7) is 4.78. The lowest BCUT2D eigenvalue weighted by molar-refractivity contribution is 0.386. The van der Waals surface area contributed by atoms with E-state index in [0.717, 1.165) is 15.7 Å². The van der Waals surface area contributed by atoms with Crippen LogP contribution in [0.5, 0.6) is 0 Å². The van der Waals surface area contributed by atoms with Gasteiger partial charge in [0.25, 0.3) is 5.56 Å². The molecule has 14 heteroatoms. The highest BCUT2D eigenvalue weighted by molar-refractivity contribution is 7.89. The number of thiocarbonyl (C=S) groups is 1. The fourth-order valence-electron chi connectivity index (χ4n) is 4.86. The quantitative estimate of drug-likeness (QED) is 0.329. The Kier molecular flexibility index (Phi) is 7.25. The maximum absolute atomic E-state index is 13.3. The summed E-state index contributed by atoms with van der Waals surface area (Å²) in [5.74, 6) is 0.618. The third-order valence-corrected chi connectivity index (χ3v) is 8.32. The molecule has 40 heavy (non-hydrogen) atoms. The number of aromatic nitrogens is 4. The molecule has 0 saturated carbocycles. The van der Waals surface area contributed by atoms with Crippen LogP contribution in [-0.4, -0.2) is 63.3 Å². The van der Waals surface area contributed by atoms with Crippen molar-refractivity contribution in [3.05, 3.63) is 80.5 Å². The Bertz CT molecular complexity index is 1830. The second-order valence-electron chi connectivity index (χ2n) is 9.84. The molecule has 2 aromatic heterocycles. The first-order chi connectivity index (χ1) is 18.9. The SMILES string of the molecule is Cc1cccc(Cn2c(N3CCN(C(=S)Nc4ccc(S(N)(=O)=O)cc4)CC3)nc3c2c(=O)n(C)c(=O)n3C)c1. The molecule has 0 aliphatic carbocycles. The van der Waals surface area contributed by atoms with E-state index in [0.29, 0.717) is 60.6 Å². The van der Waals surface area contributed by atoms with E-state index < -0.39 is 15.7 Å². The number of nitrogens with one attached hydrogen (secondary N) is 1. The number of primary sulfonamides is 1. The smallest absolute Gasteiger partial charge is 0.332 e. The van der Waals surface area contributed by atoms with Gasteiger partial charge in [-0.2, -0.15) is 4.98 Å². The van der Waals surface area contributed by atoms with E-state index in [1.54, 1.807) is 19.2 Å². The first-order valence-electron chi connectivity index (χ1n) is 12.6. The number of benzene rings is 2. The van der Waals surface area contributed by atoms with Crippen molar-refractivity contribution in [1.82, 2.24) is 23.6 Å². The Morgan fingerprint density at radius 1 is 1.02 bits per heavy atom. The Labute approximate surface area is 236 Å². The van der Waals surface area contributed by atoms with Gasteiger partial charge in [0.1, 0.15) is 0 Å². The van der Waals surface area contributed by atoms with Gasteiger partial charge in [0.2, 0.25) is 16.0 Å². The molecule has 4 aromatic rings. The Morgan fingerprint density at radius 2 is 1.70 bits per heavy atom. The van der Waals surface area contributed by atoms with Gasteiger partial charge in [-0.05, 0) is 49.0 Å². The molecule has 0 unspecified atom stereocenters. The van der Waals surface area contributed by atoms with Crippen molar-refractivity contribution in [2.45, 2.75) is 18.4 Å². The van der Waals surface area contributed by atoms with Crippen molar-refractivity contribution in [3.8, 4) is 0 Å². The zero-order chi connectivity index (χ0) is 28.8. The molecule has 0 spiro atoms. The minimum absolute atomic E-state index is 0.0264. The molecule has 2 aromatic carbocycles. The van der Waals surface area contributed by atoms with Crippen molar-refractivity contribution >= 4 is 50.2 Å². The number of hydrogen-bond donors (Lipinski definition) is 2. The molecule has 3 N–H and O–H groups in total. The molecule has 5 rings (SSSR count). The maximum Gasteiger partial charge on any atom is 0.332 e. The molecule has 210 valence electrons. The van der Waals surface area contributed by atoms with Crippen LogP contribution in [0.25, 0.3) is 11.2 Å². The predicted octanol–water partition coefficient (Wildman–Crippen LogP) is 0.957. The van der Waals surface area contributed by atoms with E-state index in [1.165, 1.54) is 23.7 Å². The van der Waals surface area contributed by atoms with Crippen molar-refractivity contribution in [3.63, 3.8) is 0 Å². The highest BCUT2D eigenvalue weighted by atomic mass is 32.2. The Morgan fingerprint density at radius 3 is 2.33 bits per heavy atom. The van der Waals surface area contributed by atoms with Crippen LogP contribution in [-0.2, 0) is 30.7 Å². The topological polar surface area (TPSA) is 140 Å². The zero-order valence-corrected chi connectivity index (χ0v) is 24.0. The standard InChI is InChI=1S/C26H30N8O4S2/c1-17-5-4-6-18(15-17)16-34-21-22(30(2)26(36)31(3)23(21)35)29-24(34)32-11-13-33(14-12-32)25(39)28-19-7-9-20(10-8-19)40(27,37)38/h4-10,15H,11-14,16H2,1-3H3,(H,28,39)(H2,27,37,38). The van der Waals surface area contributed by atoms with Crippen molar-refractivity contribution in [1.29, 1.82) is 0 Å². The van der Waals surface area contributed by atoms with Crippen LogP contribution in [0.3, 0.4) is 0 Å². The van der Waals surface area contributed by atoms with Gasteiger partial charge in [-0.25, -0.2) is 18.4 Å². The molecule has 0 atom stereocenters. The summed E-state index contributed by atoms with van der Waals surface area (Å²) in [6.07, 6.45) is 0. The highest BCUT2D eigenvalue weighted by Crippen LogP contribution is 2.23. The number of imidazole rings is 1. The van der Waals surface area contributed by atoms with Crippen LogP contribution in [0.15, 0.2) is 63.0 Å². The summed E-state index contributed by atoms with van der Waals surface area (Å²) >= 11 is 5.61. The van der Waals surface area contributed by atoms with E-state index in [2.05, 4.69) is 16.3 Å². The summed E-state index contributed by atoms with van der Waals surface area (Å²) < 4.78 is 27.4. The van der Waals surface area contributed by atoms with Gasteiger partial charge in [-0.3, -0.25) is 18.5 Å². The number of anilines is 2. The zero-order valence-electron chi connectivity index (χ0n) is 22.4. The number of sulfonamides is 1. The number of rotatable bonds is 5. The summed E-state index contributed by atoms with van der Waals surface area (Å²) in [7, 11) is -0.676. The van der Waals surface area contributed by atoms with E-state index >= 15 is 0 Å². The van der Waals surface area contributed by atoms with Gasteiger partial charge < -0.3 is 15.1 Å². The monoisotopic (exact) mass is 582 g/mol. The molecular weight excluding hydrogens is 552 g/mol. The number of hydrogen-bond acceptors (Lipinski definition) is 7. The van der Waals surface area contributed by atoms with Gasteiger partial charge in [-0.15, -0.1) is 0 Å². The molecule has 1 aliphatic rings. The van der Waals surface area contributed by atoms with E-state index in [-0.39, 0.29) is 10.5 Å². The minimum Gasteiger partial charge on any atom is -0.345 e. The summed E-state index contributed by atoms with van der Waals surface area (Å²) in [4.78, 5) is 34.8. The number of nitrogens with two attached hydrogens (primary N) is 1. The molecule has 1 fully saturated rings. The van der Waals surface area contributed by atoms with Crippen molar-refractivity contribution < 1.29 is 8.42 Å². The Balaban J connectivity index is 1.40. The number of aryl methyl sites for hydroxylation is 2. The van der Waals surface area contributed by atoms with Gasteiger partial charge >= 0.3 is 5.69 Å². The number of piperazine rings is 1. The van der Waals surface area contributed by atoms with Crippen LogP contribution < -0.4 is 26.6 Å². The summed E-state index contributed by atoms with van der Waals surface area (Å²) in [5, 5.41) is 8.82. The number of fused-ring (bicyclic) bond motifs is 1. The second-order valence-corrected chi connectivity index (χ2v) is 11.8. The molecule has 0 bridgehead atoms. The second kappa shape index (κ2) is 10.5. The normalized spacial score (nSPS) is 14.1. The van der Waals surface area contributed by atoms with Crippen molar-refractivity contribution in [2.75, 3.05) is 36.4 Å². The Hall–Kier alpha value is -4.01. The molecule has 1 aliphatic heterocycles. The molecular formula is C26H30N8O4S2. The number of nitrogens with zero attached hydrogens (tertiary/aromatic N) is 6. The predicted molar refractivity (Wildman–Crippen MR) is 158 cm³/mol. The minimum atomic E-state index is -3.77. The lowest BCUT2D eigenvalue weighted by atomic mass is 10.1. The van der Waals surface area contributed by atoms with E-state index in [1.807, 2.05) is 34.6 Å². The molecule has 3 heterocycles. The average molecular weight is 583 g/mol. The lowest BCUT2D eigenvalue weighted by Gasteiger charge is -2.36. The first kappa shape index (κ1) is 27.6. The molecule has 0 radical (unpaired) electrons. The molecule has 12 nitrogen and oxygen atoms in total.